The van der Waals surface area contributed by atoms with Crippen LogP contribution in [0.2, 0.25) is 0 Å². The van der Waals surface area contributed by atoms with E-state index in [-0.39, 0.29) is 24.0 Å². The van der Waals surface area contributed by atoms with Crippen LogP contribution in [0.25, 0.3) is 6.08 Å². The first-order valence-electron chi connectivity index (χ1n) is 6.14. The van der Waals surface area contributed by atoms with Crippen LogP contribution in [0.4, 0.5) is 4.39 Å². The van der Waals surface area contributed by atoms with Crippen molar-refractivity contribution in [2.45, 2.75) is 6.54 Å². The molecule has 1 aromatic carbocycles. The molecule has 0 saturated heterocycles. The van der Waals surface area contributed by atoms with Gasteiger partial charge < -0.3 is 15.5 Å². The molecule has 0 atom stereocenters. The fourth-order valence-corrected chi connectivity index (χ4v) is 1.58. The number of hydrogen-bond acceptors (Lipinski definition) is 3. The molecule has 0 bridgehead atoms. The fourth-order valence-electron chi connectivity index (χ4n) is 1.58. The third-order valence-electron chi connectivity index (χ3n) is 2.64. The highest BCUT2D eigenvalue weighted by molar-refractivity contribution is 5.91. The topological polar surface area (TPSA) is 85.3 Å². The molecule has 0 aliphatic carbocycles. The van der Waals surface area contributed by atoms with Crippen LogP contribution < -0.4 is 11.1 Å². The zero-order valence-corrected chi connectivity index (χ0v) is 11.0. The highest BCUT2D eigenvalue weighted by Gasteiger charge is 2.07. The summed E-state index contributed by atoms with van der Waals surface area (Å²) in [6, 6.07) is 8.75. The smallest absolute Gasteiger partial charge is 0.284 e. The highest BCUT2D eigenvalue weighted by Crippen LogP contribution is 2.07. The van der Waals surface area contributed by atoms with Crippen molar-refractivity contribution >= 4 is 17.9 Å². The van der Waals surface area contributed by atoms with Crippen LogP contribution in [0.1, 0.15) is 21.9 Å². The summed E-state index contributed by atoms with van der Waals surface area (Å²) in [7, 11) is 0. The van der Waals surface area contributed by atoms with E-state index >= 15 is 0 Å². The Bertz CT molecular complexity index is 674. The summed E-state index contributed by atoms with van der Waals surface area (Å²) in [4.78, 5) is 22.4. The van der Waals surface area contributed by atoms with Crippen LogP contribution in [0.3, 0.4) is 0 Å². The van der Waals surface area contributed by atoms with Crippen molar-refractivity contribution in [3.05, 3.63) is 65.4 Å². The van der Waals surface area contributed by atoms with E-state index in [9.17, 15) is 14.0 Å². The molecular formula is C15H13FN2O3. The second kappa shape index (κ2) is 6.51. The van der Waals surface area contributed by atoms with Gasteiger partial charge in [-0.3, -0.25) is 9.59 Å². The van der Waals surface area contributed by atoms with Crippen LogP contribution in [0, 0.1) is 5.82 Å². The molecule has 21 heavy (non-hydrogen) atoms. The number of hydrogen-bond donors (Lipinski definition) is 2. The van der Waals surface area contributed by atoms with Crippen molar-refractivity contribution in [2.24, 2.45) is 5.73 Å². The van der Waals surface area contributed by atoms with Crippen molar-refractivity contribution in [1.29, 1.82) is 0 Å². The van der Waals surface area contributed by atoms with Gasteiger partial charge >= 0.3 is 0 Å². The lowest BCUT2D eigenvalue weighted by molar-refractivity contribution is -0.116. The molecule has 2 aromatic rings. The third-order valence-corrected chi connectivity index (χ3v) is 2.64. The molecule has 108 valence electrons. The van der Waals surface area contributed by atoms with Gasteiger partial charge in [-0.2, -0.15) is 0 Å². The number of nitrogens with two attached hydrogens (primary N) is 1. The van der Waals surface area contributed by atoms with Crippen LogP contribution in [-0.2, 0) is 11.3 Å². The Morgan fingerprint density at radius 3 is 2.52 bits per heavy atom. The van der Waals surface area contributed by atoms with Gasteiger partial charge in [-0.25, -0.2) is 4.39 Å². The lowest BCUT2D eigenvalue weighted by atomic mass is 10.2. The van der Waals surface area contributed by atoms with Crippen molar-refractivity contribution < 1.29 is 18.4 Å². The summed E-state index contributed by atoms with van der Waals surface area (Å²) in [5.41, 5.74) is 5.76. The molecule has 6 heteroatoms. The lowest BCUT2D eigenvalue weighted by Gasteiger charge is -1.99. The quantitative estimate of drug-likeness (QED) is 0.823. The lowest BCUT2D eigenvalue weighted by Crippen LogP contribution is -2.19. The number of furan rings is 1. The molecule has 0 aliphatic rings. The van der Waals surface area contributed by atoms with Crippen LogP contribution in [-0.4, -0.2) is 11.8 Å². The molecule has 1 aromatic heterocycles. The first-order chi connectivity index (χ1) is 10.0. The number of benzene rings is 1. The van der Waals surface area contributed by atoms with E-state index in [1.807, 2.05) is 0 Å². The van der Waals surface area contributed by atoms with Crippen molar-refractivity contribution in [2.75, 3.05) is 0 Å². The largest absolute Gasteiger partial charge is 0.454 e. The Kier molecular flexibility index (Phi) is 4.50. The highest BCUT2D eigenvalue weighted by atomic mass is 19.1. The summed E-state index contributed by atoms with van der Waals surface area (Å²) in [6.07, 6.45) is 2.89. The summed E-state index contributed by atoms with van der Waals surface area (Å²) in [5, 5.41) is 2.59. The first-order valence-corrected chi connectivity index (χ1v) is 6.14. The Morgan fingerprint density at radius 2 is 1.90 bits per heavy atom. The molecule has 0 fully saturated rings. The average molecular weight is 288 g/mol. The summed E-state index contributed by atoms with van der Waals surface area (Å²) in [5.74, 6) is -0.867. The van der Waals surface area contributed by atoms with E-state index in [4.69, 9.17) is 10.2 Å². The number of nitrogens with one attached hydrogen (secondary N) is 1. The Labute approximate surface area is 120 Å². The molecule has 0 saturated carbocycles. The SMILES string of the molecule is NC(=O)c1ccc(CNC(=O)C=Cc2ccc(F)cc2)o1. The predicted molar refractivity (Wildman–Crippen MR) is 74.5 cm³/mol. The van der Waals surface area contributed by atoms with Gasteiger partial charge in [-0.1, -0.05) is 12.1 Å². The summed E-state index contributed by atoms with van der Waals surface area (Å²) >= 11 is 0. The summed E-state index contributed by atoms with van der Waals surface area (Å²) in [6.45, 7) is 0.139. The van der Waals surface area contributed by atoms with Gasteiger partial charge in [0.05, 0.1) is 6.54 Å². The molecule has 0 unspecified atom stereocenters. The molecule has 2 amide bonds. The first kappa shape index (κ1) is 14.5. The zero-order chi connectivity index (χ0) is 15.2. The van der Waals surface area contributed by atoms with Crippen LogP contribution >= 0.6 is 0 Å². The van der Waals surface area contributed by atoms with Gasteiger partial charge in [0.15, 0.2) is 5.76 Å². The van der Waals surface area contributed by atoms with Gasteiger partial charge in [0, 0.05) is 6.08 Å². The van der Waals surface area contributed by atoms with E-state index in [1.54, 1.807) is 24.3 Å². The molecular weight excluding hydrogens is 275 g/mol. The fraction of sp³-hybridized carbons (Fsp3) is 0.0667. The predicted octanol–water partition coefficient (Wildman–Crippen LogP) is 1.85. The van der Waals surface area contributed by atoms with Gasteiger partial charge in [-0.05, 0) is 35.9 Å². The normalized spacial score (nSPS) is 10.7. The molecule has 3 N–H and O–H groups in total. The van der Waals surface area contributed by atoms with Gasteiger partial charge in [0.25, 0.3) is 5.91 Å². The summed E-state index contributed by atoms with van der Waals surface area (Å²) < 4.78 is 17.8. The third kappa shape index (κ3) is 4.31. The number of carbonyl (C=O) groups is 2. The zero-order valence-electron chi connectivity index (χ0n) is 11.0. The standard InChI is InChI=1S/C15H13FN2O3/c16-11-4-1-10(2-5-11)3-8-14(19)18-9-12-6-7-13(21-12)15(17)20/h1-8H,9H2,(H2,17,20)(H,18,19). The maximum absolute atomic E-state index is 12.7. The number of carbonyl (C=O) groups excluding carboxylic acids is 2. The van der Waals surface area contributed by atoms with Gasteiger partial charge in [-0.15, -0.1) is 0 Å². The molecule has 0 spiro atoms. The second-order valence-corrected chi connectivity index (χ2v) is 4.23. The number of halogens is 1. The van der Waals surface area contributed by atoms with Crippen molar-refractivity contribution in [1.82, 2.24) is 5.32 Å². The molecule has 1 heterocycles. The van der Waals surface area contributed by atoms with Crippen molar-refractivity contribution in [3.63, 3.8) is 0 Å². The van der Waals surface area contributed by atoms with E-state index in [0.717, 1.165) is 0 Å². The number of rotatable bonds is 5. The van der Waals surface area contributed by atoms with E-state index in [0.29, 0.717) is 11.3 Å². The Morgan fingerprint density at radius 1 is 1.19 bits per heavy atom. The maximum Gasteiger partial charge on any atom is 0.284 e. The average Bonchev–Trinajstić information content (AvgIpc) is 2.93. The van der Waals surface area contributed by atoms with E-state index in [1.165, 1.54) is 24.3 Å². The second-order valence-electron chi connectivity index (χ2n) is 4.23. The molecule has 5 nitrogen and oxygen atoms in total. The van der Waals surface area contributed by atoms with Gasteiger partial charge in [0.2, 0.25) is 5.91 Å². The molecule has 0 aliphatic heterocycles. The molecule has 0 radical (unpaired) electrons. The number of primary amides is 1. The monoisotopic (exact) mass is 288 g/mol. The van der Waals surface area contributed by atoms with Crippen molar-refractivity contribution in [3.8, 4) is 0 Å². The van der Waals surface area contributed by atoms with E-state index in [2.05, 4.69) is 5.32 Å². The molecule has 2 rings (SSSR count). The number of amides is 2. The maximum atomic E-state index is 12.7. The van der Waals surface area contributed by atoms with E-state index < -0.39 is 5.91 Å². The van der Waals surface area contributed by atoms with Crippen LogP contribution in [0.5, 0.6) is 0 Å². The van der Waals surface area contributed by atoms with Crippen LogP contribution in [0.15, 0.2) is 46.9 Å². The Hall–Kier alpha value is -2.89. The minimum absolute atomic E-state index is 0.0427. The Balaban J connectivity index is 1.86. The minimum atomic E-state index is -0.663. The minimum Gasteiger partial charge on any atom is -0.454 e. The van der Waals surface area contributed by atoms with Gasteiger partial charge in [0.1, 0.15) is 11.6 Å².